The molecule has 0 radical (unpaired) electrons. The Morgan fingerprint density at radius 3 is 1.80 bits per heavy atom. The maximum atomic E-state index is 11.1. The van der Waals surface area contributed by atoms with Crippen LogP contribution in [0.15, 0.2) is 0 Å². The van der Waals surface area contributed by atoms with Crippen molar-refractivity contribution in [1.82, 2.24) is 0 Å². The van der Waals surface area contributed by atoms with Gasteiger partial charge in [0.15, 0.2) is 0 Å². The Morgan fingerprint density at radius 2 is 1.70 bits per heavy atom. The zero-order valence-corrected chi connectivity index (χ0v) is 7.90. The molecule has 10 heavy (non-hydrogen) atoms. The zero-order chi connectivity index (χ0) is 7.49. The zero-order valence-electron chi connectivity index (χ0n) is 7.90. The smallest absolute Gasteiger partial charge is 0.852 e. The maximum Gasteiger partial charge on any atom is 1.00 e. The number of rotatable bonds is 2. The molecule has 0 saturated carbocycles. The summed E-state index contributed by atoms with van der Waals surface area (Å²) in [5.74, 6) is 0. The third-order valence-electron chi connectivity index (χ3n) is 1.52. The van der Waals surface area contributed by atoms with Crippen molar-refractivity contribution >= 4 is 0 Å². The Labute approximate surface area is 76.4 Å². The molecule has 0 spiro atoms. The van der Waals surface area contributed by atoms with Gasteiger partial charge in [0.05, 0.1) is 0 Å². The maximum absolute atomic E-state index is 11.1. The van der Waals surface area contributed by atoms with E-state index < -0.39 is 0 Å². The van der Waals surface area contributed by atoms with E-state index in [0.717, 1.165) is 12.8 Å². The van der Waals surface area contributed by atoms with Crippen LogP contribution in [0.2, 0.25) is 0 Å². The Kier molecular flexibility index (Phi) is 6.90. The molecule has 0 bridgehead atoms. The molecule has 0 fully saturated rings. The van der Waals surface area contributed by atoms with Crippen molar-refractivity contribution in [3.63, 3.8) is 0 Å². The van der Waals surface area contributed by atoms with Crippen LogP contribution in [-0.2, 0) is 0 Å². The Balaban J connectivity index is 0. The summed E-state index contributed by atoms with van der Waals surface area (Å²) >= 11 is 0. The van der Waals surface area contributed by atoms with Crippen LogP contribution < -0.4 is 24.0 Å². The first-order chi connectivity index (χ1) is 3.98. The van der Waals surface area contributed by atoms with Crippen LogP contribution in [-0.4, -0.2) is 6.10 Å². The Bertz CT molecular complexity index is 75.8. The third-order valence-corrected chi connectivity index (χ3v) is 1.52. The van der Waals surface area contributed by atoms with Crippen molar-refractivity contribution in [2.45, 2.75) is 46.6 Å². The Morgan fingerprint density at radius 1 is 1.30 bits per heavy atom. The predicted molar refractivity (Wildman–Crippen MR) is 38.2 cm³/mol. The molecule has 56 valence electrons. The summed E-state index contributed by atoms with van der Waals surface area (Å²) in [6.07, 6.45) is 1.43. The quantitative estimate of drug-likeness (QED) is 0.427. The van der Waals surface area contributed by atoms with Crippen LogP contribution in [0.1, 0.15) is 40.5 Å². The molecule has 0 aliphatic carbocycles. The van der Waals surface area contributed by atoms with E-state index in [2.05, 4.69) is 6.92 Å². The van der Waals surface area contributed by atoms with Crippen LogP contribution in [0.25, 0.3) is 0 Å². The molecule has 0 aromatic carbocycles. The fourth-order valence-electron chi connectivity index (χ4n) is 0.695. The van der Waals surface area contributed by atoms with E-state index in [0.29, 0.717) is 0 Å². The first kappa shape index (κ1) is 13.2. The molecule has 0 saturated heterocycles. The molecular formula is C8H17LiO. The van der Waals surface area contributed by atoms with E-state index in [9.17, 15) is 5.11 Å². The van der Waals surface area contributed by atoms with Crippen molar-refractivity contribution in [3.8, 4) is 0 Å². The minimum Gasteiger partial charge on any atom is -0.852 e. The van der Waals surface area contributed by atoms with Crippen LogP contribution in [0.5, 0.6) is 0 Å². The second-order valence-corrected chi connectivity index (χ2v) is 3.64. The fraction of sp³-hybridized carbons (Fsp3) is 1.00. The van der Waals surface area contributed by atoms with Crippen LogP contribution in [0, 0.1) is 5.41 Å². The van der Waals surface area contributed by atoms with Gasteiger partial charge in [-0.2, -0.15) is 0 Å². The van der Waals surface area contributed by atoms with Crippen molar-refractivity contribution in [3.05, 3.63) is 0 Å². The van der Waals surface area contributed by atoms with Gasteiger partial charge in [-0.1, -0.05) is 46.0 Å². The van der Waals surface area contributed by atoms with Gasteiger partial charge in [-0.05, 0) is 0 Å². The second-order valence-electron chi connectivity index (χ2n) is 3.64. The van der Waals surface area contributed by atoms with E-state index in [-0.39, 0.29) is 30.4 Å². The topological polar surface area (TPSA) is 23.1 Å². The van der Waals surface area contributed by atoms with Gasteiger partial charge in [-0.3, -0.25) is 0 Å². The third kappa shape index (κ3) is 5.35. The molecule has 0 rings (SSSR count). The Hall–Kier alpha value is 0.557. The first-order valence-electron chi connectivity index (χ1n) is 3.64. The van der Waals surface area contributed by atoms with Gasteiger partial charge >= 0.3 is 18.9 Å². The average molecular weight is 136 g/mol. The van der Waals surface area contributed by atoms with Gasteiger partial charge in [0, 0.05) is 0 Å². The molecule has 0 aromatic heterocycles. The summed E-state index contributed by atoms with van der Waals surface area (Å²) in [4.78, 5) is 0. The number of hydrogen-bond acceptors (Lipinski definition) is 1. The van der Waals surface area contributed by atoms with E-state index in [4.69, 9.17) is 0 Å². The van der Waals surface area contributed by atoms with Gasteiger partial charge in [0.25, 0.3) is 0 Å². The van der Waals surface area contributed by atoms with Gasteiger partial charge < -0.3 is 5.11 Å². The van der Waals surface area contributed by atoms with Crippen molar-refractivity contribution in [2.24, 2.45) is 5.41 Å². The van der Waals surface area contributed by atoms with E-state index in [1.54, 1.807) is 0 Å². The molecular weight excluding hydrogens is 119 g/mol. The molecule has 0 aliphatic rings. The minimum absolute atomic E-state index is 0. The van der Waals surface area contributed by atoms with Crippen LogP contribution >= 0.6 is 0 Å². The van der Waals surface area contributed by atoms with Crippen molar-refractivity contribution < 1.29 is 24.0 Å². The SMILES string of the molecule is CCCC([O-])C(C)(C)C.[Li+]. The predicted octanol–water partition coefficient (Wildman–Crippen LogP) is -1.43. The normalized spacial score (nSPS) is 14.1. The summed E-state index contributed by atoms with van der Waals surface area (Å²) in [6, 6.07) is 0. The summed E-state index contributed by atoms with van der Waals surface area (Å²) in [5.41, 5.74) is -0.0456. The summed E-state index contributed by atoms with van der Waals surface area (Å²) < 4.78 is 0. The van der Waals surface area contributed by atoms with Gasteiger partial charge in [0.1, 0.15) is 0 Å². The summed E-state index contributed by atoms with van der Waals surface area (Å²) in [6.45, 7) is 8.05. The molecule has 0 N–H and O–H groups in total. The van der Waals surface area contributed by atoms with Crippen LogP contribution in [0.4, 0.5) is 0 Å². The van der Waals surface area contributed by atoms with Crippen LogP contribution in [0.3, 0.4) is 0 Å². The van der Waals surface area contributed by atoms with E-state index in [1.807, 2.05) is 20.8 Å². The average Bonchev–Trinajstić information content (AvgIpc) is 1.64. The molecule has 0 heterocycles. The standard InChI is InChI=1S/C8H17O.Li/c1-5-6-7(9)8(2,3)4;/h7H,5-6H2,1-4H3;/q-1;+1. The molecule has 0 aromatic rings. The summed E-state index contributed by atoms with van der Waals surface area (Å²) in [7, 11) is 0. The monoisotopic (exact) mass is 136 g/mol. The van der Waals surface area contributed by atoms with Crippen molar-refractivity contribution in [1.29, 1.82) is 0 Å². The molecule has 0 aliphatic heterocycles. The number of hydrogen-bond donors (Lipinski definition) is 0. The minimum atomic E-state index is -0.387. The van der Waals surface area contributed by atoms with Gasteiger partial charge in [-0.25, -0.2) is 0 Å². The van der Waals surface area contributed by atoms with Gasteiger partial charge in [-0.15, -0.1) is 6.10 Å². The molecule has 1 unspecified atom stereocenters. The van der Waals surface area contributed by atoms with Gasteiger partial charge in [0.2, 0.25) is 0 Å². The molecule has 2 heteroatoms. The van der Waals surface area contributed by atoms with E-state index >= 15 is 0 Å². The second kappa shape index (κ2) is 5.24. The molecule has 0 amide bonds. The molecule has 1 atom stereocenters. The first-order valence-corrected chi connectivity index (χ1v) is 3.64. The van der Waals surface area contributed by atoms with Crippen molar-refractivity contribution in [2.75, 3.05) is 0 Å². The van der Waals surface area contributed by atoms with E-state index in [1.165, 1.54) is 0 Å². The largest absolute Gasteiger partial charge is 1.00 e. The summed E-state index contributed by atoms with van der Waals surface area (Å²) in [5, 5.41) is 11.1. The molecule has 1 nitrogen and oxygen atoms in total. The fourth-order valence-corrected chi connectivity index (χ4v) is 0.695.